The number of rotatable bonds is 6. The van der Waals surface area contributed by atoms with Crippen LogP contribution in [0.3, 0.4) is 0 Å². The van der Waals surface area contributed by atoms with Crippen molar-refractivity contribution >= 4 is 17.7 Å². The van der Waals surface area contributed by atoms with Crippen LogP contribution in [0.1, 0.15) is 28.8 Å². The van der Waals surface area contributed by atoms with Crippen LogP contribution in [0.15, 0.2) is 47.6 Å². The summed E-state index contributed by atoms with van der Waals surface area (Å²) in [7, 11) is 1.69. The highest BCUT2D eigenvalue weighted by atomic mass is 32.2. The van der Waals surface area contributed by atoms with Crippen molar-refractivity contribution in [1.29, 1.82) is 0 Å². The Balaban J connectivity index is 1.84. The van der Waals surface area contributed by atoms with E-state index in [1.165, 1.54) is 11.8 Å². The van der Waals surface area contributed by atoms with E-state index < -0.39 is 0 Å². The molecule has 26 heavy (non-hydrogen) atoms. The van der Waals surface area contributed by atoms with Gasteiger partial charge in [-0.25, -0.2) is 4.98 Å². The first-order chi connectivity index (χ1) is 12.7. The van der Waals surface area contributed by atoms with Crippen LogP contribution in [0.25, 0.3) is 0 Å². The van der Waals surface area contributed by atoms with Crippen LogP contribution in [0.2, 0.25) is 0 Å². The van der Waals surface area contributed by atoms with Crippen LogP contribution >= 0.6 is 11.8 Å². The molecule has 2 heterocycles. The molecule has 0 bridgehead atoms. The largest absolute Gasteiger partial charge is 0.496 e. The van der Waals surface area contributed by atoms with Crippen LogP contribution in [0, 0.1) is 0 Å². The first-order valence-electron chi connectivity index (χ1n) is 8.68. The van der Waals surface area contributed by atoms with Gasteiger partial charge in [0.15, 0.2) is 0 Å². The lowest BCUT2D eigenvalue weighted by atomic mass is 9.73. The van der Waals surface area contributed by atoms with Crippen LogP contribution in [-0.2, 0) is 10.2 Å². The number of para-hydroxylation sites is 1. The zero-order chi connectivity index (χ0) is 18.4. The summed E-state index contributed by atoms with van der Waals surface area (Å²) in [6, 6.07) is 11.7. The number of hydrogen-bond donors (Lipinski definition) is 1. The highest BCUT2D eigenvalue weighted by Crippen LogP contribution is 2.39. The molecule has 0 aliphatic carbocycles. The monoisotopic (exact) mass is 372 g/mol. The zero-order valence-electron chi connectivity index (χ0n) is 15.2. The summed E-state index contributed by atoms with van der Waals surface area (Å²) in [6.45, 7) is 1.89. The average Bonchev–Trinajstić information content (AvgIpc) is 2.72. The van der Waals surface area contributed by atoms with Gasteiger partial charge in [-0.3, -0.25) is 4.79 Å². The number of benzene rings is 1. The van der Waals surface area contributed by atoms with Crippen molar-refractivity contribution in [2.24, 2.45) is 0 Å². The van der Waals surface area contributed by atoms with E-state index in [4.69, 9.17) is 9.47 Å². The van der Waals surface area contributed by atoms with Gasteiger partial charge in [0.1, 0.15) is 10.8 Å². The molecule has 1 aromatic carbocycles. The maximum absolute atomic E-state index is 12.8. The molecule has 0 saturated carbocycles. The summed E-state index contributed by atoms with van der Waals surface area (Å²) in [5, 5.41) is 3.87. The zero-order valence-corrected chi connectivity index (χ0v) is 16.0. The molecule has 1 fully saturated rings. The van der Waals surface area contributed by atoms with E-state index in [-0.39, 0.29) is 11.3 Å². The number of carbonyl (C=O) groups excluding carboxylic acids is 1. The Kier molecular flexibility index (Phi) is 6.16. The lowest BCUT2D eigenvalue weighted by molar-refractivity contribution is 0.0478. The number of hydrogen-bond acceptors (Lipinski definition) is 5. The van der Waals surface area contributed by atoms with Gasteiger partial charge in [-0.2, -0.15) is 0 Å². The molecule has 1 N–H and O–H groups in total. The summed E-state index contributed by atoms with van der Waals surface area (Å²) in [5.41, 5.74) is 1.55. The summed E-state index contributed by atoms with van der Waals surface area (Å²) >= 11 is 1.47. The number of methoxy groups -OCH3 is 1. The van der Waals surface area contributed by atoms with Gasteiger partial charge in [0.25, 0.3) is 5.91 Å². The van der Waals surface area contributed by atoms with E-state index in [1.54, 1.807) is 19.4 Å². The van der Waals surface area contributed by atoms with E-state index in [0.717, 1.165) is 29.2 Å². The molecule has 5 nitrogen and oxygen atoms in total. The highest BCUT2D eigenvalue weighted by Gasteiger charge is 2.37. The third kappa shape index (κ3) is 3.86. The van der Waals surface area contributed by atoms with Gasteiger partial charge in [0, 0.05) is 36.9 Å². The second-order valence-electron chi connectivity index (χ2n) is 6.34. The molecule has 1 aliphatic heterocycles. The summed E-state index contributed by atoms with van der Waals surface area (Å²) in [5.74, 6) is 0.762. The van der Waals surface area contributed by atoms with Crippen LogP contribution in [0.5, 0.6) is 5.75 Å². The number of aromatic nitrogens is 1. The van der Waals surface area contributed by atoms with Gasteiger partial charge in [0.2, 0.25) is 0 Å². The smallest absolute Gasteiger partial charge is 0.254 e. The minimum atomic E-state index is -0.192. The fourth-order valence-corrected chi connectivity index (χ4v) is 4.00. The normalized spacial score (nSPS) is 16.1. The van der Waals surface area contributed by atoms with Crippen molar-refractivity contribution in [3.63, 3.8) is 0 Å². The Morgan fingerprint density at radius 3 is 2.77 bits per heavy atom. The molecule has 2 aromatic rings. The fraction of sp³-hybridized carbons (Fsp3) is 0.400. The molecular formula is C20H24N2O3S. The Morgan fingerprint density at radius 1 is 1.27 bits per heavy atom. The van der Waals surface area contributed by atoms with Crippen molar-refractivity contribution in [3.8, 4) is 5.75 Å². The quantitative estimate of drug-likeness (QED) is 0.789. The lowest BCUT2D eigenvalue weighted by Gasteiger charge is -2.38. The van der Waals surface area contributed by atoms with E-state index >= 15 is 0 Å². The van der Waals surface area contributed by atoms with Gasteiger partial charge in [-0.15, -0.1) is 11.8 Å². The number of pyridine rings is 1. The SMILES string of the molecule is COc1ccccc1C1(CNC(=O)c2cccnc2SC)CCOCC1. The molecule has 0 spiro atoms. The van der Waals surface area contributed by atoms with Gasteiger partial charge < -0.3 is 14.8 Å². The summed E-state index contributed by atoms with van der Waals surface area (Å²) in [4.78, 5) is 17.0. The first-order valence-corrected chi connectivity index (χ1v) is 9.91. The van der Waals surface area contributed by atoms with Gasteiger partial charge in [-0.05, 0) is 37.3 Å². The number of thioether (sulfide) groups is 1. The Morgan fingerprint density at radius 2 is 2.04 bits per heavy atom. The minimum Gasteiger partial charge on any atom is -0.496 e. The molecule has 0 unspecified atom stereocenters. The molecule has 3 rings (SSSR count). The predicted molar refractivity (Wildman–Crippen MR) is 103 cm³/mol. The third-order valence-corrected chi connectivity index (χ3v) is 5.64. The lowest BCUT2D eigenvalue weighted by Crippen LogP contribution is -2.45. The van der Waals surface area contributed by atoms with E-state index in [9.17, 15) is 4.79 Å². The van der Waals surface area contributed by atoms with E-state index in [2.05, 4.69) is 16.4 Å². The van der Waals surface area contributed by atoms with Crippen molar-refractivity contribution in [3.05, 3.63) is 53.7 Å². The number of carbonyl (C=O) groups is 1. The number of nitrogens with zero attached hydrogens (tertiary/aromatic N) is 1. The molecular weight excluding hydrogens is 348 g/mol. The minimum absolute atomic E-state index is 0.0942. The van der Waals surface area contributed by atoms with E-state index in [1.807, 2.05) is 30.5 Å². The van der Waals surface area contributed by atoms with Crippen molar-refractivity contribution in [2.45, 2.75) is 23.3 Å². The average molecular weight is 372 g/mol. The number of nitrogens with one attached hydrogen (secondary N) is 1. The second-order valence-corrected chi connectivity index (χ2v) is 7.13. The second kappa shape index (κ2) is 8.56. The highest BCUT2D eigenvalue weighted by molar-refractivity contribution is 7.98. The summed E-state index contributed by atoms with van der Waals surface area (Å²) in [6.07, 6.45) is 5.32. The van der Waals surface area contributed by atoms with Crippen LogP contribution in [-0.4, -0.2) is 44.0 Å². The van der Waals surface area contributed by atoms with E-state index in [0.29, 0.717) is 25.3 Å². The Bertz CT molecular complexity index is 760. The molecule has 0 atom stereocenters. The molecule has 138 valence electrons. The van der Waals surface area contributed by atoms with Crippen molar-refractivity contribution in [2.75, 3.05) is 33.1 Å². The number of ether oxygens (including phenoxy) is 2. The Hall–Kier alpha value is -2.05. The first kappa shape index (κ1) is 18.7. The topological polar surface area (TPSA) is 60.5 Å². The molecule has 1 aromatic heterocycles. The molecule has 6 heteroatoms. The third-order valence-electron chi connectivity index (χ3n) is 4.92. The Labute approximate surface area is 158 Å². The molecule has 1 aliphatic rings. The van der Waals surface area contributed by atoms with Crippen LogP contribution in [0.4, 0.5) is 0 Å². The predicted octanol–water partition coefficient (Wildman–Crippen LogP) is 3.29. The van der Waals surface area contributed by atoms with Crippen LogP contribution < -0.4 is 10.1 Å². The number of amides is 1. The molecule has 0 radical (unpaired) electrons. The fourth-order valence-electron chi connectivity index (χ4n) is 3.46. The molecule has 1 saturated heterocycles. The van der Waals surface area contributed by atoms with Crippen molar-refractivity contribution in [1.82, 2.24) is 10.3 Å². The maximum atomic E-state index is 12.8. The standard InChI is InChI=1S/C20H24N2O3S/c1-24-17-8-4-3-7-16(17)20(9-12-25-13-10-20)14-22-18(23)15-6-5-11-21-19(15)26-2/h3-8,11H,9-10,12-14H2,1-2H3,(H,22,23). The van der Waals surface area contributed by atoms with Crippen molar-refractivity contribution < 1.29 is 14.3 Å². The maximum Gasteiger partial charge on any atom is 0.254 e. The van der Waals surface area contributed by atoms with Gasteiger partial charge >= 0.3 is 0 Å². The molecule has 1 amide bonds. The summed E-state index contributed by atoms with van der Waals surface area (Å²) < 4.78 is 11.2. The van der Waals surface area contributed by atoms with Gasteiger partial charge in [0.05, 0.1) is 12.7 Å². The van der Waals surface area contributed by atoms with Gasteiger partial charge in [-0.1, -0.05) is 18.2 Å².